The zero-order valence-electron chi connectivity index (χ0n) is 19.7. The number of nitrogens with zero attached hydrogens (tertiary/aromatic N) is 7. The summed E-state index contributed by atoms with van der Waals surface area (Å²) in [4.78, 5) is 36.7. The molecule has 0 unspecified atom stereocenters. The van der Waals surface area contributed by atoms with Crippen LogP contribution in [0.3, 0.4) is 0 Å². The zero-order valence-corrected chi connectivity index (χ0v) is 21.4. The van der Waals surface area contributed by atoms with Crippen molar-refractivity contribution in [3.05, 3.63) is 50.1 Å². The van der Waals surface area contributed by atoms with Crippen LogP contribution in [0.5, 0.6) is 5.75 Å². The summed E-state index contributed by atoms with van der Waals surface area (Å²) in [5.41, 5.74) is 1.05. The quantitative estimate of drug-likeness (QED) is 0.368. The first kappa shape index (κ1) is 23.4. The molecule has 11 nitrogen and oxygen atoms in total. The predicted octanol–water partition coefficient (Wildman–Crippen LogP) is 1.71. The lowest BCUT2D eigenvalue weighted by atomic mass is 10.2. The van der Waals surface area contributed by atoms with Gasteiger partial charge in [0, 0.05) is 51.2 Å². The number of benzene rings is 1. The highest BCUT2D eigenvalue weighted by atomic mass is 32.2. The normalized spacial score (nSPS) is 14.1. The third-order valence-corrected chi connectivity index (χ3v) is 7.99. The van der Waals surface area contributed by atoms with E-state index in [2.05, 4.69) is 37.1 Å². The molecule has 0 amide bonds. The maximum absolute atomic E-state index is 12.8. The number of thioether (sulfide) groups is 1. The average Bonchev–Trinajstić information content (AvgIpc) is 3.47. The van der Waals surface area contributed by atoms with Crippen molar-refractivity contribution in [2.75, 3.05) is 48.8 Å². The van der Waals surface area contributed by atoms with Gasteiger partial charge in [-0.1, -0.05) is 23.1 Å². The third kappa shape index (κ3) is 4.65. The third-order valence-electron chi connectivity index (χ3n) is 6.03. The van der Waals surface area contributed by atoms with E-state index in [4.69, 9.17) is 9.72 Å². The zero-order chi connectivity index (χ0) is 24.5. The van der Waals surface area contributed by atoms with E-state index in [0.717, 1.165) is 47.0 Å². The van der Waals surface area contributed by atoms with Gasteiger partial charge in [0.1, 0.15) is 10.8 Å². The number of H-pyrrole nitrogens is 1. The van der Waals surface area contributed by atoms with E-state index in [1.807, 2.05) is 23.6 Å². The minimum absolute atomic E-state index is 0.392. The second kappa shape index (κ2) is 9.74. The summed E-state index contributed by atoms with van der Waals surface area (Å²) >= 11 is 3.14. The van der Waals surface area contributed by atoms with Crippen molar-refractivity contribution in [1.29, 1.82) is 0 Å². The van der Waals surface area contributed by atoms with Gasteiger partial charge >= 0.3 is 5.69 Å². The molecule has 13 heteroatoms. The van der Waals surface area contributed by atoms with Crippen molar-refractivity contribution >= 4 is 45.9 Å². The van der Waals surface area contributed by atoms with Gasteiger partial charge < -0.3 is 19.1 Å². The Hall–Kier alpha value is -3.32. The number of anilines is 2. The van der Waals surface area contributed by atoms with E-state index in [-0.39, 0.29) is 0 Å². The minimum atomic E-state index is -0.471. The lowest BCUT2D eigenvalue weighted by molar-refractivity contribution is 0.415. The standard InChI is InChI=1S/C22H26N8O3S2/c1-14-25-26-22(35-14)34-13-12-30-17-18(27(2)21(32)24-19(17)31)23-20(30)29-10-8-28(9-11-29)15-4-6-16(33-3)7-5-15/h4-7H,8-13H2,1-3H3,(H,24,31,32). The van der Waals surface area contributed by atoms with E-state index in [9.17, 15) is 9.59 Å². The van der Waals surface area contributed by atoms with Gasteiger partial charge in [-0.25, -0.2) is 4.79 Å². The molecular formula is C22H26N8O3S2. The van der Waals surface area contributed by atoms with Gasteiger partial charge in [0.05, 0.1) is 7.11 Å². The molecule has 184 valence electrons. The number of rotatable bonds is 7. The van der Waals surface area contributed by atoms with Crippen molar-refractivity contribution < 1.29 is 4.74 Å². The van der Waals surface area contributed by atoms with Crippen LogP contribution < -0.4 is 25.8 Å². The number of hydrogen-bond donors (Lipinski definition) is 1. The molecule has 0 spiro atoms. The highest BCUT2D eigenvalue weighted by Crippen LogP contribution is 2.26. The number of aromatic nitrogens is 6. The molecule has 0 radical (unpaired) electrons. The van der Waals surface area contributed by atoms with Crippen molar-refractivity contribution in [3.63, 3.8) is 0 Å². The van der Waals surface area contributed by atoms with Gasteiger partial charge in [0.25, 0.3) is 5.56 Å². The van der Waals surface area contributed by atoms with Crippen molar-refractivity contribution in [1.82, 2.24) is 29.3 Å². The first-order chi connectivity index (χ1) is 16.9. The monoisotopic (exact) mass is 514 g/mol. The number of hydrogen-bond acceptors (Lipinski definition) is 10. The Morgan fingerprint density at radius 3 is 2.46 bits per heavy atom. The number of ether oxygens (including phenoxy) is 1. The molecule has 3 aromatic heterocycles. The van der Waals surface area contributed by atoms with E-state index in [1.54, 1.807) is 37.3 Å². The van der Waals surface area contributed by atoms with Crippen LogP contribution in [-0.2, 0) is 13.6 Å². The molecule has 0 aliphatic carbocycles. The van der Waals surface area contributed by atoms with Crippen LogP contribution in [0, 0.1) is 6.92 Å². The van der Waals surface area contributed by atoms with Crippen LogP contribution in [0.4, 0.5) is 11.6 Å². The number of piperazine rings is 1. The molecule has 4 aromatic rings. The Labute approximate surface area is 209 Å². The molecule has 35 heavy (non-hydrogen) atoms. The molecule has 1 aliphatic heterocycles. The number of imidazole rings is 1. The fraction of sp³-hybridized carbons (Fsp3) is 0.409. The summed E-state index contributed by atoms with van der Waals surface area (Å²) in [5, 5.41) is 9.15. The van der Waals surface area contributed by atoms with Crippen LogP contribution in [0.25, 0.3) is 11.2 Å². The number of aryl methyl sites for hydroxylation is 3. The largest absolute Gasteiger partial charge is 0.497 e. The second-order valence-electron chi connectivity index (χ2n) is 8.16. The first-order valence-electron chi connectivity index (χ1n) is 11.2. The molecular weight excluding hydrogens is 488 g/mol. The van der Waals surface area contributed by atoms with Crippen LogP contribution in [0.1, 0.15) is 5.01 Å². The molecule has 1 aliphatic rings. The number of nitrogens with one attached hydrogen (secondary N) is 1. The van der Waals surface area contributed by atoms with Gasteiger partial charge in [-0.05, 0) is 31.2 Å². The van der Waals surface area contributed by atoms with Gasteiger partial charge in [-0.15, -0.1) is 10.2 Å². The lowest BCUT2D eigenvalue weighted by Crippen LogP contribution is -2.47. The molecule has 1 aromatic carbocycles. The summed E-state index contributed by atoms with van der Waals surface area (Å²) < 4.78 is 9.48. The van der Waals surface area contributed by atoms with Gasteiger partial charge in [0.2, 0.25) is 5.95 Å². The van der Waals surface area contributed by atoms with Gasteiger partial charge in [-0.3, -0.25) is 14.3 Å². The predicted molar refractivity (Wildman–Crippen MR) is 138 cm³/mol. The van der Waals surface area contributed by atoms with Crippen LogP contribution in [0.15, 0.2) is 38.2 Å². The maximum atomic E-state index is 12.8. The maximum Gasteiger partial charge on any atom is 0.329 e. The second-order valence-corrected chi connectivity index (χ2v) is 10.7. The Kier molecular flexibility index (Phi) is 6.52. The van der Waals surface area contributed by atoms with E-state index >= 15 is 0 Å². The van der Waals surface area contributed by atoms with Crippen molar-refractivity contribution in [2.45, 2.75) is 17.8 Å². The summed E-state index contributed by atoms with van der Waals surface area (Å²) in [6, 6.07) is 8.05. The molecule has 5 rings (SSSR count). The average molecular weight is 515 g/mol. The molecule has 1 fully saturated rings. The number of methoxy groups -OCH3 is 1. The van der Waals surface area contributed by atoms with E-state index in [0.29, 0.717) is 29.4 Å². The topological polar surface area (TPSA) is 114 Å². The molecule has 0 bridgehead atoms. The van der Waals surface area contributed by atoms with Crippen LogP contribution in [-0.4, -0.2) is 68.3 Å². The molecule has 1 N–H and O–H groups in total. The van der Waals surface area contributed by atoms with E-state index in [1.165, 1.54) is 4.57 Å². The summed E-state index contributed by atoms with van der Waals surface area (Å²) in [6.07, 6.45) is 0. The smallest absolute Gasteiger partial charge is 0.329 e. The van der Waals surface area contributed by atoms with Crippen molar-refractivity contribution in [3.8, 4) is 5.75 Å². The number of aromatic amines is 1. The highest BCUT2D eigenvalue weighted by Gasteiger charge is 2.25. The fourth-order valence-corrected chi connectivity index (χ4v) is 6.01. The SMILES string of the molecule is COc1ccc(N2CCN(c3nc4c(c(=O)[nH]c(=O)n4C)n3CCSc3nnc(C)s3)CC2)cc1. The fourth-order valence-electron chi connectivity index (χ4n) is 4.19. The van der Waals surface area contributed by atoms with Gasteiger partial charge in [0.15, 0.2) is 15.5 Å². The van der Waals surface area contributed by atoms with Crippen LogP contribution in [0.2, 0.25) is 0 Å². The molecule has 1 saturated heterocycles. The van der Waals surface area contributed by atoms with Crippen LogP contribution >= 0.6 is 23.1 Å². The minimum Gasteiger partial charge on any atom is -0.497 e. The Balaban J connectivity index is 1.40. The Morgan fingerprint density at radius 1 is 1.09 bits per heavy atom. The highest BCUT2D eigenvalue weighted by molar-refractivity contribution is 8.01. The summed E-state index contributed by atoms with van der Waals surface area (Å²) in [6.45, 7) is 5.57. The van der Waals surface area contributed by atoms with E-state index < -0.39 is 11.2 Å². The summed E-state index contributed by atoms with van der Waals surface area (Å²) in [7, 11) is 3.29. The Morgan fingerprint density at radius 2 is 1.80 bits per heavy atom. The molecule has 0 atom stereocenters. The summed E-state index contributed by atoms with van der Waals surface area (Å²) in [5.74, 6) is 2.23. The Bertz CT molecular complexity index is 1450. The first-order valence-corrected chi connectivity index (χ1v) is 13.0. The van der Waals surface area contributed by atoms with Crippen molar-refractivity contribution in [2.24, 2.45) is 7.05 Å². The lowest BCUT2D eigenvalue weighted by Gasteiger charge is -2.36. The van der Waals surface area contributed by atoms with Gasteiger partial charge in [-0.2, -0.15) is 4.98 Å². The number of fused-ring (bicyclic) bond motifs is 1. The molecule has 0 saturated carbocycles. The molecule has 4 heterocycles.